The van der Waals surface area contributed by atoms with Gasteiger partial charge in [-0.2, -0.15) is 5.10 Å². The van der Waals surface area contributed by atoms with E-state index in [9.17, 15) is 9.18 Å². The second-order valence-corrected chi connectivity index (χ2v) is 9.71. The zero-order valence-corrected chi connectivity index (χ0v) is 21.1. The number of aromatic nitrogens is 5. The summed E-state index contributed by atoms with van der Waals surface area (Å²) >= 11 is 0. The van der Waals surface area contributed by atoms with Crippen molar-refractivity contribution in [3.63, 3.8) is 0 Å². The third-order valence-electron chi connectivity index (χ3n) is 6.55. The van der Waals surface area contributed by atoms with Crippen LogP contribution in [0.3, 0.4) is 0 Å². The highest BCUT2D eigenvalue weighted by atomic mass is 19.1. The zero-order valence-electron chi connectivity index (χ0n) is 21.1. The Morgan fingerprint density at radius 1 is 0.947 bits per heavy atom. The number of pyridine rings is 1. The van der Waals surface area contributed by atoms with Crippen LogP contribution in [0.15, 0.2) is 73.1 Å². The number of carbonyl (C=O) groups is 1. The van der Waals surface area contributed by atoms with E-state index in [2.05, 4.69) is 37.6 Å². The molecule has 0 radical (unpaired) electrons. The Labute approximate surface area is 218 Å². The Balaban J connectivity index is 1.44. The predicted octanol–water partition coefficient (Wildman–Crippen LogP) is 6.88. The average Bonchev–Trinajstić information content (AvgIpc) is 3.52. The lowest BCUT2D eigenvalue weighted by Gasteiger charge is -2.11. The number of rotatable bonds is 5. The van der Waals surface area contributed by atoms with Gasteiger partial charge in [0.05, 0.1) is 17.2 Å². The van der Waals surface area contributed by atoms with Crippen LogP contribution in [0.2, 0.25) is 0 Å². The lowest BCUT2D eigenvalue weighted by Crippen LogP contribution is -2.17. The Morgan fingerprint density at radius 3 is 2.61 bits per heavy atom. The maximum absolute atomic E-state index is 14.6. The molecule has 0 aliphatic rings. The molecule has 3 aromatic carbocycles. The van der Waals surface area contributed by atoms with Gasteiger partial charge >= 0.3 is 0 Å². The summed E-state index contributed by atoms with van der Waals surface area (Å²) in [5, 5.41) is 11.5. The number of hydrogen-bond acceptors (Lipinski definition) is 4. The molecule has 0 saturated heterocycles. The van der Waals surface area contributed by atoms with Gasteiger partial charge in [0.15, 0.2) is 5.82 Å². The maximum atomic E-state index is 14.6. The molecule has 0 atom stereocenters. The van der Waals surface area contributed by atoms with Crippen LogP contribution < -0.4 is 5.32 Å². The summed E-state index contributed by atoms with van der Waals surface area (Å²) in [5.41, 5.74) is 7.64. The van der Waals surface area contributed by atoms with Crippen LogP contribution in [-0.2, 0) is 4.79 Å². The molecule has 6 aromatic rings. The Morgan fingerprint density at radius 2 is 1.79 bits per heavy atom. The van der Waals surface area contributed by atoms with Crippen molar-refractivity contribution in [2.45, 2.75) is 20.8 Å². The van der Waals surface area contributed by atoms with Crippen molar-refractivity contribution in [1.29, 1.82) is 0 Å². The standard InChI is InChI=1S/C30H25FN6O/c1-16(2)30(38)33-20-11-17(3)10-19(12-20)18-8-9-25-22(13-18)28(37-36-25)29-34-26-15-32-14-23(27(26)35-29)21-6-4-5-7-24(21)31/h4-16H,1-3H3,(H,33,38)(H,34,35)(H,36,37). The van der Waals surface area contributed by atoms with Gasteiger partial charge in [0, 0.05) is 34.3 Å². The normalized spacial score (nSPS) is 11.5. The molecule has 0 aliphatic carbocycles. The number of anilines is 1. The molecule has 3 N–H and O–H groups in total. The van der Waals surface area contributed by atoms with Crippen LogP contribution in [0.4, 0.5) is 10.1 Å². The third-order valence-corrected chi connectivity index (χ3v) is 6.55. The number of fused-ring (bicyclic) bond motifs is 2. The van der Waals surface area contributed by atoms with E-state index in [4.69, 9.17) is 4.98 Å². The number of aryl methyl sites for hydroxylation is 1. The van der Waals surface area contributed by atoms with Crippen molar-refractivity contribution < 1.29 is 9.18 Å². The SMILES string of the molecule is Cc1cc(NC(=O)C(C)C)cc(-c2ccc3[nH]nc(-c4nc5c(-c6ccccc6F)cncc5[nH]4)c3c2)c1. The van der Waals surface area contributed by atoms with Crippen LogP contribution >= 0.6 is 0 Å². The third kappa shape index (κ3) is 4.20. The van der Waals surface area contributed by atoms with Crippen molar-refractivity contribution in [3.8, 4) is 33.8 Å². The minimum Gasteiger partial charge on any atom is -0.335 e. The van der Waals surface area contributed by atoms with Gasteiger partial charge in [-0.25, -0.2) is 9.37 Å². The average molecular weight is 505 g/mol. The van der Waals surface area contributed by atoms with E-state index in [0.29, 0.717) is 33.7 Å². The first-order valence-electron chi connectivity index (χ1n) is 12.4. The van der Waals surface area contributed by atoms with Crippen LogP contribution in [-0.4, -0.2) is 31.1 Å². The monoisotopic (exact) mass is 504 g/mol. The van der Waals surface area contributed by atoms with Gasteiger partial charge in [-0.3, -0.25) is 14.9 Å². The summed E-state index contributed by atoms with van der Waals surface area (Å²) in [5.74, 6) is 0.0939. The molecule has 6 rings (SSSR count). The quantitative estimate of drug-likeness (QED) is 0.238. The van der Waals surface area contributed by atoms with Crippen LogP contribution in [0.1, 0.15) is 19.4 Å². The van der Waals surface area contributed by atoms with Crippen LogP contribution in [0, 0.1) is 18.7 Å². The lowest BCUT2D eigenvalue weighted by atomic mass is 10.00. The molecule has 0 spiro atoms. The Kier molecular flexibility index (Phi) is 5.72. The molecule has 3 aromatic heterocycles. The number of imidazole rings is 1. The van der Waals surface area contributed by atoms with Gasteiger partial charge in [-0.15, -0.1) is 0 Å². The van der Waals surface area contributed by atoms with Crippen molar-refractivity contribution in [2.24, 2.45) is 5.92 Å². The van der Waals surface area contributed by atoms with Crippen LogP contribution in [0.25, 0.3) is 55.7 Å². The molecule has 0 saturated carbocycles. The van der Waals surface area contributed by atoms with Crippen LogP contribution in [0.5, 0.6) is 0 Å². The molecule has 38 heavy (non-hydrogen) atoms. The van der Waals surface area contributed by atoms with Crippen molar-refractivity contribution in [2.75, 3.05) is 5.32 Å². The second-order valence-electron chi connectivity index (χ2n) is 9.71. The minimum absolute atomic E-state index is 0.0248. The van der Waals surface area contributed by atoms with Crippen molar-refractivity contribution in [3.05, 3.63) is 84.4 Å². The summed E-state index contributed by atoms with van der Waals surface area (Å²) in [6.07, 6.45) is 3.30. The molecule has 0 bridgehead atoms. The first-order valence-corrected chi connectivity index (χ1v) is 12.4. The van der Waals surface area contributed by atoms with E-state index in [1.165, 1.54) is 6.07 Å². The van der Waals surface area contributed by atoms with Crippen molar-refractivity contribution >= 4 is 33.5 Å². The van der Waals surface area contributed by atoms with Gasteiger partial charge in [-0.1, -0.05) is 44.2 Å². The molecule has 7 nitrogen and oxygen atoms in total. The number of halogens is 1. The molecule has 0 aliphatic heterocycles. The van der Waals surface area contributed by atoms with Gasteiger partial charge in [0.1, 0.15) is 17.0 Å². The van der Waals surface area contributed by atoms with E-state index in [1.807, 2.05) is 45.0 Å². The summed E-state index contributed by atoms with van der Waals surface area (Å²) in [4.78, 5) is 24.7. The fourth-order valence-corrected chi connectivity index (χ4v) is 4.60. The number of H-pyrrole nitrogens is 2. The number of nitrogens with zero attached hydrogens (tertiary/aromatic N) is 3. The lowest BCUT2D eigenvalue weighted by molar-refractivity contribution is -0.118. The van der Waals surface area contributed by atoms with Gasteiger partial charge in [0.2, 0.25) is 5.91 Å². The summed E-state index contributed by atoms with van der Waals surface area (Å²) in [6, 6.07) is 18.7. The largest absolute Gasteiger partial charge is 0.335 e. The first kappa shape index (κ1) is 23.5. The fraction of sp³-hybridized carbons (Fsp3) is 0.133. The highest BCUT2D eigenvalue weighted by Crippen LogP contribution is 2.34. The zero-order chi connectivity index (χ0) is 26.4. The van der Waals surface area contributed by atoms with Crippen molar-refractivity contribution in [1.82, 2.24) is 25.1 Å². The predicted molar refractivity (Wildman–Crippen MR) is 148 cm³/mol. The Hall–Kier alpha value is -4.85. The second kappa shape index (κ2) is 9.23. The number of amides is 1. The van der Waals surface area contributed by atoms with E-state index in [0.717, 1.165) is 33.3 Å². The smallest absolute Gasteiger partial charge is 0.226 e. The molecule has 0 fully saturated rings. The number of nitrogens with one attached hydrogen (secondary N) is 3. The molecule has 3 heterocycles. The van der Waals surface area contributed by atoms with Gasteiger partial charge < -0.3 is 10.3 Å². The molecule has 1 amide bonds. The van der Waals surface area contributed by atoms with E-state index < -0.39 is 0 Å². The van der Waals surface area contributed by atoms with E-state index in [-0.39, 0.29) is 17.6 Å². The maximum Gasteiger partial charge on any atom is 0.226 e. The number of carbonyl (C=O) groups excluding carboxylic acids is 1. The Bertz CT molecular complexity index is 1830. The van der Waals surface area contributed by atoms with E-state index >= 15 is 0 Å². The molecule has 188 valence electrons. The summed E-state index contributed by atoms with van der Waals surface area (Å²) < 4.78 is 14.6. The topological polar surface area (TPSA) is 99.3 Å². The van der Waals surface area contributed by atoms with Gasteiger partial charge in [-0.05, 0) is 53.9 Å². The molecular weight excluding hydrogens is 479 g/mol. The first-order chi connectivity index (χ1) is 18.4. The number of benzene rings is 3. The molecular formula is C30H25FN6O. The molecule has 0 unspecified atom stereocenters. The molecule has 8 heteroatoms. The number of hydrogen-bond donors (Lipinski definition) is 3. The van der Waals surface area contributed by atoms with Gasteiger partial charge in [0.25, 0.3) is 0 Å². The summed E-state index contributed by atoms with van der Waals surface area (Å²) in [7, 11) is 0. The fourth-order valence-electron chi connectivity index (χ4n) is 4.60. The van der Waals surface area contributed by atoms with E-state index in [1.54, 1.807) is 30.6 Å². The summed E-state index contributed by atoms with van der Waals surface area (Å²) in [6.45, 7) is 5.74. The highest BCUT2D eigenvalue weighted by molar-refractivity contribution is 5.98. The minimum atomic E-state index is -0.330. The number of aromatic amines is 2. The highest BCUT2D eigenvalue weighted by Gasteiger charge is 2.17.